The maximum absolute atomic E-state index is 4.38. The van der Waals surface area contributed by atoms with Crippen molar-refractivity contribution in [3.63, 3.8) is 0 Å². The van der Waals surface area contributed by atoms with E-state index in [1.54, 1.807) is 17.7 Å². The first-order valence-corrected chi connectivity index (χ1v) is 6.36. The number of hydrogen-bond donors (Lipinski definition) is 2. The molecule has 0 fully saturated rings. The van der Waals surface area contributed by atoms with Crippen molar-refractivity contribution in [2.45, 2.75) is 20.4 Å². The highest BCUT2D eigenvalue weighted by Crippen LogP contribution is 2.12. The molecule has 90 valence electrons. The van der Waals surface area contributed by atoms with Crippen LogP contribution in [0.15, 0.2) is 17.8 Å². The van der Waals surface area contributed by atoms with Crippen LogP contribution in [-0.4, -0.2) is 21.5 Å². The molecule has 0 radical (unpaired) electrons. The van der Waals surface area contributed by atoms with Crippen molar-refractivity contribution in [3.8, 4) is 0 Å². The highest BCUT2D eigenvalue weighted by atomic mass is 32.1. The average Bonchev–Trinajstić information content (AvgIpc) is 2.74. The van der Waals surface area contributed by atoms with E-state index < -0.39 is 0 Å². The average molecular weight is 249 g/mol. The van der Waals surface area contributed by atoms with Crippen molar-refractivity contribution < 1.29 is 0 Å². The van der Waals surface area contributed by atoms with E-state index >= 15 is 0 Å². The Bertz CT molecular complexity index is 482. The first-order valence-electron chi connectivity index (χ1n) is 5.48. The summed E-state index contributed by atoms with van der Waals surface area (Å²) in [6, 6.07) is 1.89. The van der Waals surface area contributed by atoms with Crippen molar-refractivity contribution in [1.82, 2.24) is 15.0 Å². The largest absolute Gasteiger partial charge is 0.370 e. The summed E-state index contributed by atoms with van der Waals surface area (Å²) in [5.74, 6) is 1.64. The van der Waals surface area contributed by atoms with Crippen LogP contribution in [0.3, 0.4) is 0 Å². The lowest BCUT2D eigenvalue weighted by Gasteiger charge is -2.05. The summed E-state index contributed by atoms with van der Waals surface area (Å²) in [6.45, 7) is 5.57. The Morgan fingerprint density at radius 3 is 2.65 bits per heavy atom. The first kappa shape index (κ1) is 11.8. The van der Waals surface area contributed by atoms with E-state index in [4.69, 9.17) is 0 Å². The normalized spacial score (nSPS) is 10.2. The summed E-state index contributed by atoms with van der Waals surface area (Å²) < 4.78 is 0. The second-order valence-electron chi connectivity index (χ2n) is 3.53. The maximum Gasteiger partial charge on any atom is 0.131 e. The fraction of sp³-hybridized carbons (Fsp3) is 0.364. The second kappa shape index (κ2) is 5.58. The summed E-state index contributed by atoms with van der Waals surface area (Å²) in [5.41, 5.74) is 1.04. The third-order valence-electron chi connectivity index (χ3n) is 2.14. The zero-order valence-electron chi connectivity index (χ0n) is 9.90. The standard InChI is InChI=1S/C11H15N5S/c1-3-12-10-4-11(15-7-14-10)13-5-9-6-17-8(2)16-9/h4,6-7H,3,5H2,1-2H3,(H2,12,13,14,15). The summed E-state index contributed by atoms with van der Waals surface area (Å²) in [4.78, 5) is 12.7. The highest BCUT2D eigenvalue weighted by Gasteiger charge is 2.00. The van der Waals surface area contributed by atoms with Crippen molar-refractivity contribution in [2.75, 3.05) is 17.2 Å². The molecule has 0 aromatic carbocycles. The maximum atomic E-state index is 4.38. The van der Waals surface area contributed by atoms with Gasteiger partial charge in [0.25, 0.3) is 0 Å². The molecular formula is C11H15N5S. The minimum absolute atomic E-state index is 0.687. The van der Waals surface area contributed by atoms with Gasteiger partial charge in [0.05, 0.1) is 17.2 Å². The fourth-order valence-corrected chi connectivity index (χ4v) is 2.01. The molecule has 6 heteroatoms. The van der Waals surface area contributed by atoms with Gasteiger partial charge in [-0.3, -0.25) is 0 Å². The molecule has 0 saturated heterocycles. The predicted molar refractivity (Wildman–Crippen MR) is 70.4 cm³/mol. The lowest BCUT2D eigenvalue weighted by molar-refractivity contribution is 1.02. The molecule has 0 spiro atoms. The Morgan fingerprint density at radius 2 is 2.00 bits per heavy atom. The van der Waals surface area contributed by atoms with Crippen molar-refractivity contribution in [2.24, 2.45) is 0 Å². The van der Waals surface area contributed by atoms with Crippen LogP contribution in [0.25, 0.3) is 0 Å². The molecule has 17 heavy (non-hydrogen) atoms. The van der Waals surface area contributed by atoms with Crippen LogP contribution in [0.5, 0.6) is 0 Å². The molecule has 0 unspecified atom stereocenters. The SMILES string of the molecule is CCNc1cc(NCc2csc(C)n2)ncn1. The van der Waals surface area contributed by atoms with E-state index in [-0.39, 0.29) is 0 Å². The Hall–Kier alpha value is -1.69. The quantitative estimate of drug-likeness (QED) is 0.851. The summed E-state index contributed by atoms with van der Waals surface area (Å²) in [6.07, 6.45) is 1.55. The Balaban J connectivity index is 1.96. The van der Waals surface area contributed by atoms with Gasteiger partial charge in [-0.15, -0.1) is 11.3 Å². The van der Waals surface area contributed by atoms with Crippen LogP contribution in [0.2, 0.25) is 0 Å². The Kier molecular flexibility index (Phi) is 3.87. The first-order chi connectivity index (χ1) is 8.28. The molecule has 2 aromatic heterocycles. The molecule has 0 saturated carbocycles. The molecule has 5 nitrogen and oxygen atoms in total. The Morgan fingerprint density at radius 1 is 1.24 bits per heavy atom. The van der Waals surface area contributed by atoms with Crippen LogP contribution in [0.1, 0.15) is 17.6 Å². The number of hydrogen-bond acceptors (Lipinski definition) is 6. The monoisotopic (exact) mass is 249 g/mol. The van der Waals surface area contributed by atoms with E-state index in [2.05, 4.69) is 31.0 Å². The summed E-state index contributed by atoms with van der Waals surface area (Å²) in [5, 5.41) is 9.50. The van der Waals surface area contributed by atoms with E-state index in [1.807, 2.05) is 19.9 Å². The molecule has 0 aliphatic heterocycles. The van der Waals surface area contributed by atoms with Crippen molar-refractivity contribution in [1.29, 1.82) is 0 Å². The molecule has 2 aromatic rings. The van der Waals surface area contributed by atoms with Crippen LogP contribution in [-0.2, 0) is 6.54 Å². The van der Waals surface area contributed by atoms with Crippen molar-refractivity contribution in [3.05, 3.63) is 28.5 Å². The smallest absolute Gasteiger partial charge is 0.131 e. The van der Waals surface area contributed by atoms with E-state index in [0.717, 1.165) is 28.9 Å². The number of nitrogens with zero attached hydrogens (tertiary/aromatic N) is 3. The highest BCUT2D eigenvalue weighted by molar-refractivity contribution is 7.09. The Labute approximate surface area is 104 Å². The van der Waals surface area contributed by atoms with Gasteiger partial charge in [-0.25, -0.2) is 15.0 Å². The van der Waals surface area contributed by atoms with Crippen LogP contribution < -0.4 is 10.6 Å². The van der Waals surface area contributed by atoms with Crippen LogP contribution in [0.4, 0.5) is 11.6 Å². The summed E-state index contributed by atoms with van der Waals surface area (Å²) in [7, 11) is 0. The molecule has 0 aliphatic rings. The summed E-state index contributed by atoms with van der Waals surface area (Å²) >= 11 is 1.65. The van der Waals surface area contributed by atoms with Gasteiger partial charge >= 0.3 is 0 Å². The number of aryl methyl sites for hydroxylation is 1. The molecule has 2 rings (SSSR count). The van der Waals surface area contributed by atoms with Gasteiger partial charge in [-0.2, -0.15) is 0 Å². The van der Waals surface area contributed by atoms with E-state index in [1.165, 1.54) is 0 Å². The predicted octanol–water partition coefficient (Wildman–Crippen LogP) is 2.29. The zero-order chi connectivity index (χ0) is 12.1. The van der Waals surface area contributed by atoms with Gasteiger partial charge in [0, 0.05) is 18.0 Å². The number of aromatic nitrogens is 3. The molecule has 2 N–H and O–H groups in total. The molecular weight excluding hydrogens is 234 g/mol. The number of nitrogens with one attached hydrogen (secondary N) is 2. The van der Waals surface area contributed by atoms with Gasteiger partial charge in [0.2, 0.25) is 0 Å². The van der Waals surface area contributed by atoms with E-state index in [0.29, 0.717) is 6.54 Å². The van der Waals surface area contributed by atoms with Crippen LogP contribution in [0, 0.1) is 6.92 Å². The lowest BCUT2D eigenvalue weighted by Crippen LogP contribution is -2.04. The fourth-order valence-electron chi connectivity index (χ4n) is 1.40. The third-order valence-corrected chi connectivity index (χ3v) is 2.96. The van der Waals surface area contributed by atoms with Gasteiger partial charge in [-0.1, -0.05) is 0 Å². The molecule has 0 aliphatic carbocycles. The molecule has 0 atom stereocenters. The minimum atomic E-state index is 0.687. The third kappa shape index (κ3) is 3.39. The number of thiazole rings is 1. The van der Waals surface area contributed by atoms with Crippen molar-refractivity contribution >= 4 is 23.0 Å². The lowest BCUT2D eigenvalue weighted by atomic mass is 10.4. The topological polar surface area (TPSA) is 62.7 Å². The van der Waals surface area contributed by atoms with Gasteiger partial charge < -0.3 is 10.6 Å². The van der Waals surface area contributed by atoms with Crippen LogP contribution >= 0.6 is 11.3 Å². The minimum Gasteiger partial charge on any atom is -0.370 e. The molecule has 0 bridgehead atoms. The van der Waals surface area contributed by atoms with Gasteiger partial charge in [0.1, 0.15) is 18.0 Å². The van der Waals surface area contributed by atoms with E-state index in [9.17, 15) is 0 Å². The van der Waals surface area contributed by atoms with Gasteiger partial charge in [0.15, 0.2) is 0 Å². The van der Waals surface area contributed by atoms with Gasteiger partial charge in [-0.05, 0) is 13.8 Å². The zero-order valence-corrected chi connectivity index (χ0v) is 10.7. The number of rotatable bonds is 5. The molecule has 2 heterocycles. The second-order valence-corrected chi connectivity index (χ2v) is 4.59. The number of anilines is 2. The molecule has 0 amide bonds.